The molecular formula is C25H26N2OS. The van der Waals surface area contributed by atoms with Crippen LogP contribution in [0.25, 0.3) is 6.08 Å². The van der Waals surface area contributed by atoms with Gasteiger partial charge >= 0.3 is 0 Å². The van der Waals surface area contributed by atoms with Gasteiger partial charge in [-0.05, 0) is 41.6 Å². The summed E-state index contributed by atoms with van der Waals surface area (Å²) in [5.74, 6) is 0.212. The van der Waals surface area contributed by atoms with E-state index in [4.69, 9.17) is 0 Å². The summed E-state index contributed by atoms with van der Waals surface area (Å²) < 4.78 is 0. The second kappa shape index (κ2) is 8.44. The summed E-state index contributed by atoms with van der Waals surface area (Å²) in [6, 6.07) is 20.4. The molecule has 3 aromatic rings. The Balaban J connectivity index is 1.76. The molecule has 0 spiro atoms. The van der Waals surface area contributed by atoms with Crippen molar-refractivity contribution < 1.29 is 4.79 Å². The first kappa shape index (κ1) is 19.7. The minimum absolute atomic E-state index is 0.0568. The standard InChI is InChI=1S/C25H26N2OS/c1-25(2)18-27(15-13-21-12-8-16-29-21)23(19-9-4-3-5-10-19)22(24(25)28)17-20-11-6-7-14-26-20/h3-12,14,16-17,23H,13,15,18H2,1-2H3/b22-17-. The van der Waals surface area contributed by atoms with Gasteiger partial charge in [-0.3, -0.25) is 14.7 Å². The summed E-state index contributed by atoms with van der Waals surface area (Å²) in [5, 5.41) is 2.13. The number of Topliss-reactive ketones (excluding diaryl/α,β-unsaturated/α-hetero) is 1. The maximum atomic E-state index is 13.5. The van der Waals surface area contributed by atoms with Crippen LogP contribution in [-0.4, -0.2) is 28.8 Å². The number of nitrogens with zero attached hydrogens (tertiary/aromatic N) is 2. The van der Waals surface area contributed by atoms with Crippen LogP contribution in [0, 0.1) is 5.41 Å². The first-order valence-corrected chi connectivity index (χ1v) is 10.9. The number of carbonyl (C=O) groups excluding carboxylic acids is 1. The molecule has 1 aromatic carbocycles. The quantitative estimate of drug-likeness (QED) is 0.534. The zero-order valence-corrected chi connectivity index (χ0v) is 17.7. The third kappa shape index (κ3) is 4.39. The van der Waals surface area contributed by atoms with Crippen molar-refractivity contribution in [1.82, 2.24) is 9.88 Å². The van der Waals surface area contributed by atoms with E-state index >= 15 is 0 Å². The summed E-state index contributed by atoms with van der Waals surface area (Å²) in [5.41, 5.74) is 2.39. The molecule has 1 fully saturated rings. The SMILES string of the molecule is CC1(C)CN(CCc2cccs2)C(c2ccccc2)/C(=C/c2ccccn2)C1=O. The number of aromatic nitrogens is 1. The molecule has 1 aliphatic rings. The fourth-order valence-electron chi connectivity index (χ4n) is 4.09. The predicted molar refractivity (Wildman–Crippen MR) is 120 cm³/mol. The van der Waals surface area contributed by atoms with Crippen LogP contribution in [0.4, 0.5) is 0 Å². The normalized spacial score (nSPS) is 20.8. The monoisotopic (exact) mass is 402 g/mol. The Morgan fingerprint density at radius 2 is 1.90 bits per heavy atom. The number of piperidine rings is 1. The fourth-order valence-corrected chi connectivity index (χ4v) is 4.79. The highest BCUT2D eigenvalue weighted by molar-refractivity contribution is 7.09. The highest BCUT2D eigenvalue weighted by Crippen LogP contribution is 2.41. The molecule has 0 radical (unpaired) electrons. The van der Waals surface area contributed by atoms with Crippen LogP contribution in [0.5, 0.6) is 0 Å². The molecular weight excluding hydrogens is 376 g/mol. The Morgan fingerprint density at radius 3 is 2.59 bits per heavy atom. The van der Waals surface area contributed by atoms with Crippen molar-refractivity contribution >= 4 is 23.2 Å². The van der Waals surface area contributed by atoms with Crippen molar-refractivity contribution in [3.63, 3.8) is 0 Å². The lowest BCUT2D eigenvalue weighted by Gasteiger charge is -2.44. The van der Waals surface area contributed by atoms with E-state index in [1.54, 1.807) is 17.5 Å². The van der Waals surface area contributed by atoms with Crippen LogP contribution in [0.2, 0.25) is 0 Å². The summed E-state index contributed by atoms with van der Waals surface area (Å²) >= 11 is 1.79. The highest BCUT2D eigenvalue weighted by Gasteiger charge is 2.43. The van der Waals surface area contributed by atoms with Gasteiger partial charge in [-0.25, -0.2) is 0 Å². The lowest BCUT2D eigenvalue weighted by atomic mass is 9.74. The van der Waals surface area contributed by atoms with Gasteiger partial charge in [0.25, 0.3) is 0 Å². The van der Waals surface area contributed by atoms with E-state index in [9.17, 15) is 4.79 Å². The predicted octanol–water partition coefficient (Wildman–Crippen LogP) is 5.42. The topological polar surface area (TPSA) is 33.2 Å². The van der Waals surface area contributed by atoms with Crippen molar-refractivity contribution in [2.45, 2.75) is 26.3 Å². The largest absolute Gasteiger partial charge is 0.294 e. The zero-order chi connectivity index (χ0) is 20.3. The van der Waals surface area contributed by atoms with Gasteiger partial charge in [0, 0.05) is 35.2 Å². The number of pyridine rings is 1. The number of ketones is 1. The fraction of sp³-hybridized carbons (Fsp3) is 0.280. The van der Waals surface area contributed by atoms with Gasteiger partial charge in [0.2, 0.25) is 0 Å². The van der Waals surface area contributed by atoms with Crippen LogP contribution >= 0.6 is 11.3 Å². The Kier molecular flexibility index (Phi) is 5.74. The number of hydrogen-bond donors (Lipinski definition) is 0. The lowest BCUT2D eigenvalue weighted by molar-refractivity contribution is -0.128. The van der Waals surface area contributed by atoms with Crippen molar-refractivity contribution in [2.24, 2.45) is 5.41 Å². The number of likely N-dealkylation sites (tertiary alicyclic amines) is 1. The third-order valence-electron chi connectivity index (χ3n) is 5.47. The zero-order valence-electron chi connectivity index (χ0n) is 16.9. The van der Waals surface area contributed by atoms with Crippen molar-refractivity contribution in [3.8, 4) is 0 Å². The molecule has 1 saturated heterocycles. The molecule has 0 saturated carbocycles. The van der Waals surface area contributed by atoms with E-state index in [0.717, 1.165) is 36.3 Å². The Labute approximate surface area is 176 Å². The average molecular weight is 403 g/mol. The summed E-state index contributed by atoms with van der Waals surface area (Å²) in [4.78, 5) is 21.8. The molecule has 1 aliphatic heterocycles. The number of thiophene rings is 1. The molecule has 0 N–H and O–H groups in total. The molecule has 0 aliphatic carbocycles. The second-order valence-corrected chi connectivity index (χ2v) is 9.21. The maximum absolute atomic E-state index is 13.5. The smallest absolute Gasteiger partial charge is 0.167 e. The molecule has 2 aromatic heterocycles. The minimum Gasteiger partial charge on any atom is -0.294 e. The van der Waals surface area contributed by atoms with Gasteiger partial charge < -0.3 is 0 Å². The van der Waals surface area contributed by atoms with E-state index in [1.165, 1.54) is 4.88 Å². The van der Waals surface area contributed by atoms with Crippen molar-refractivity contribution in [2.75, 3.05) is 13.1 Å². The molecule has 29 heavy (non-hydrogen) atoms. The van der Waals surface area contributed by atoms with E-state index < -0.39 is 5.41 Å². The van der Waals surface area contributed by atoms with Crippen LogP contribution < -0.4 is 0 Å². The Hall–Kier alpha value is -2.56. The molecule has 4 rings (SSSR count). The average Bonchev–Trinajstić information content (AvgIpc) is 3.25. The molecule has 0 amide bonds. The second-order valence-electron chi connectivity index (χ2n) is 8.18. The molecule has 3 heterocycles. The van der Waals surface area contributed by atoms with Gasteiger partial charge in [0.15, 0.2) is 5.78 Å². The Morgan fingerprint density at radius 1 is 1.10 bits per heavy atom. The third-order valence-corrected chi connectivity index (χ3v) is 6.40. The van der Waals surface area contributed by atoms with Gasteiger partial charge in [-0.2, -0.15) is 0 Å². The molecule has 0 bridgehead atoms. The summed E-state index contributed by atoms with van der Waals surface area (Å²) in [6.07, 6.45) is 4.75. The maximum Gasteiger partial charge on any atom is 0.167 e. The number of rotatable bonds is 5. The van der Waals surface area contributed by atoms with Gasteiger partial charge in [-0.15, -0.1) is 11.3 Å². The van der Waals surface area contributed by atoms with E-state index in [1.807, 2.05) is 30.3 Å². The molecule has 4 heteroatoms. The molecule has 148 valence electrons. The van der Waals surface area contributed by atoms with Crippen LogP contribution in [0.1, 0.15) is 36.0 Å². The molecule has 1 unspecified atom stereocenters. The first-order valence-electron chi connectivity index (χ1n) is 10.0. The number of benzene rings is 1. The number of hydrogen-bond acceptors (Lipinski definition) is 4. The van der Waals surface area contributed by atoms with E-state index in [2.05, 4.69) is 65.5 Å². The van der Waals surface area contributed by atoms with Crippen molar-refractivity contribution in [3.05, 3.63) is 93.9 Å². The van der Waals surface area contributed by atoms with E-state index in [-0.39, 0.29) is 11.8 Å². The molecule has 3 nitrogen and oxygen atoms in total. The van der Waals surface area contributed by atoms with Crippen molar-refractivity contribution in [1.29, 1.82) is 0 Å². The number of carbonyl (C=O) groups is 1. The van der Waals surface area contributed by atoms with Crippen LogP contribution in [0.3, 0.4) is 0 Å². The summed E-state index contributed by atoms with van der Waals surface area (Å²) in [6.45, 7) is 5.77. The Bertz CT molecular complexity index is 978. The van der Waals surface area contributed by atoms with Gasteiger partial charge in [-0.1, -0.05) is 56.3 Å². The van der Waals surface area contributed by atoms with Crippen LogP contribution in [0.15, 0.2) is 77.8 Å². The van der Waals surface area contributed by atoms with Crippen LogP contribution in [-0.2, 0) is 11.2 Å². The minimum atomic E-state index is -0.429. The highest BCUT2D eigenvalue weighted by atomic mass is 32.1. The summed E-state index contributed by atoms with van der Waals surface area (Å²) in [7, 11) is 0. The van der Waals surface area contributed by atoms with Gasteiger partial charge in [0.1, 0.15) is 0 Å². The van der Waals surface area contributed by atoms with Gasteiger partial charge in [0.05, 0.1) is 11.7 Å². The molecule has 1 atom stereocenters. The lowest BCUT2D eigenvalue weighted by Crippen LogP contribution is -2.49. The first-order chi connectivity index (χ1) is 14.0. The van der Waals surface area contributed by atoms with E-state index in [0.29, 0.717) is 0 Å².